The van der Waals surface area contributed by atoms with Crippen molar-refractivity contribution in [2.75, 3.05) is 9.80 Å². The number of benzene rings is 11. The summed E-state index contributed by atoms with van der Waals surface area (Å²) in [5.74, 6) is 1.64. The fourth-order valence-electron chi connectivity index (χ4n) is 12.0. The molecule has 4 heteroatoms. The summed E-state index contributed by atoms with van der Waals surface area (Å²) < 4.78 is 14.0. The zero-order valence-electron chi connectivity index (χ0n) is 38.5. The number of hydrogen-bond acceptors (Lipinski definition) is 4. The number of hydrogen-bond donors (Lipinski definition) is 0. The van der Waals surface area contributed by atoms with E-state index in [1.807, 2.05) is 6.07 Å². The van der Waals surface area contributed by atoms with Gasteiger partial charge < -0.3 is 19.0 Å². The summed E-state index contributed by atoms with van der Waals surface area (Å²) in [5, 5.41) is 2.17. The number of rotatable bonds is 6. The summed E-state index contributed by atoms with van der Waals surface area (Å²) in [7, 11) is 0. The first-order chi connectivity index (χ1) is 35.2. The number of furan rings is 1. The van der Waals surface area contributed by atoms with E-state index in [9.17, 15) is 0 Å². The topological polar surface area (TPSA) is 28.9 Å². The van der Waals surface area contributed by atoms with Crippen LogP contribution in [0.3, 0.4) is 0 Å². The monoisotopic (exact) mass is 906 g/mol. The van der Waals surface area contributed by atoms with Gasteiger partial charge in [-0.15, -0.1) is 0 Å². The van der Waals surface area contributed by atoms with Crippen molar-refractivity contribution in [3.05, 3.63) is 277 Å². The molecule has 0 radical (unpaired) electrons. The van der Waals surface area contributed by atoms with Gasteiger partial charge in [-0.05, 0) is 133 Å². The van der Waals surface area contributed by atoms with E-state index in [1.54, 1.807) is 0 Å². The molecule has 0 N–H and O–H groups in total. The zero-order valence-corrected chi connectivity index (χ0v) is 38.5. The lowest BCUT2D eigenvalue weighted by Crippen LogP contribution is -2.37. The van der Waals surface area contributed by atoms with E-state index in [-0.39, 0.29) is 0 Å². The van der Waals surface area contributed by atoms with Crippen LogP contribution < -0.4 is 14.5 Å². The van der Waals surface area contributed by atoms with Gasteiger partial charge >= 0.3 is 0 Å². The Bertz CT molecular complexity index is 4050. The first kappa shape index (κ1) is 39.6. The van der Waals surface area contributed by atoms with E-state index in [4.69, 9.17) is 9.15 Å². The van der Waals surface area contributed by atoms with Gasteiger partial charge in [-0.1, -0.05) is 188 Å². The Hall–Kier alpha value is -9.38. The van der Waals surface area contributed by atoms with Gasteiger partial charge in [-0.3, -0.25) is 0 Å². The molecule has 1 aromatic heterocycles. The quantitative estimate of drug-likeness (QED) is 0.166. The van der Waals surface area contributed by atoms with Crippen molar-refractivity contribution in [3.8, 4) is 56.0 Å². The van der Waals surface area contributed by atoms with Gasteiger partial charge in [0.2, 0.25) is 0 Å². The summed E-state index contributed by atoms with van der Waals surface area (Å²) in [6.45, 7) is 0. The molecule has 0 atom stereocenters. The molecule has 12 aromatic rings. The average Bonchev–Trinajstić information content (AvgIpc) is 3.97. The predicted octanol–water partition coefficient (Wildman–Crippen LogP) is 18.3. The second kappa shape index (κ2) is 15.3. The van der Waals surface area contributed by atoms with E-state index < -0.39 is 5.41 Å². The molecule has 1 spiro atoms. The summed E-state index contributed by atoms with van der Waals surface area (Å²) >= 11 is 0. The van der Waals surface area contributed by atoms with Crippen molar-refractivity contribution in [2.45, 2.75) is 5.41 Å². The summed E-state index contributed by atoms with van der Waals surface area (Å²) in [6, 6.07) is 92.0. The third kappa shape index (κ3) is 5.79. The van der Waals surface area contributed by atoms with Crippen molar-refractivity contribution in [3.63, 3.8) is 0 Å². The standard InChI is InChI=1S/C67H42N2O2/c1-3-17-43(18-4-1)45-33-36-49(37-34-45)68(61-30-15-24-54-53-23-9-14-31-62(53)71-66(54)61)50-40-47(44-19-5-2-6-20-44)39-48(41-50)46-35-38-60-64(42-46)70-63-32-16-28-58-65(63)69(60)59-29-13-12-27-57(59)67(58)55-25-10-7-21-51(55)52-22-8-11-26-56(52)67/h1-42H. The Balaban J connectivity index is 0.917. The predicted molar refractivity (Wildman–Crippen MR) is 290 cm³/mol. The Morgan fingerprint density at radius 3 is 1.69 bits per heavy atom. The number of anilines is 6. The maximum absolute atomic E-state index is 7.17. The third-order valence-corrected chi connectivity index (χ3v) is 15.0. The highest BCUT2D eigenvalue weighted by Gasteiger charge is 2.53. The molecule has 11 aromatic carbocycles. The second-order valence-corrected chi connectivity index (χ2v) is 18.8. The SMILES string of the molecule is c1ccc(-c2ccc(N(c3cc(-c4ccccc4)cc(-c4ccc5c(c4)Oc4cccc6c4N5c4ccccc4C64c5ccccc5-c5ccccc54)c3)c3cccc4c3oc3ccccc34)cc2)cc1. The second-order valence-electron chi connectivity index (χ2n) is 18.8. The summed E-state index contributed by atoms with van der Waals surface area (Å²) in [5.41, 5.74) is 21.7. The van der Waals surface area contributed by atoms with Gasteiger partial charge in [-0.25, -0.2) is 0 Å². The molecule has 1 aliphatic carbocycles. The largest absolute Gasteiger partial charge is 0.454 e. The molecule has 71 heavy (non-hydrogen) atoms. The molecular formula is C67H42N2O2. The van der Waals surface area contributed by atoms with Crippen LogP contribution in [0.25, 0.3) is 66.4 Å². The molecule has 4 nitrogen and oxygen atoms in total. The Morgan fingerprint density at radius 2 is 0.930 bits per heavy atom. The van der Waals surface area contributed by atoms with Crippen LogP contribution in [0.2, 0.25) is 0 Å². The number of para-hydroxylation sites is 4. The van der Waals surface area contributed by atoms with Crippen molar-refractivity contribution >= 4 is 56.1 Å². The fourth-order valence-corrected chi connectivity index (χ4v) is 12.0. The van der Waals surface area contributed by atoms with Gasteiger partial charge in [-0.2, -0.15) is 0 Å². The molecule has 3 heterocycles. The minimum atomic E-state index is -0.513. The molecule has 0 amide bonds. The minimum Gasteiger partial charge on any atom is -0.454 e. The molecule has 0 unspecified atom stereocenters. The van der Waals surface area contributed by atoms with Gasteiger partial charge in [0.1, 0.15) is 5.58 Å². The molecule has 0 fully saturated rings. The smallest absolute Gasteiger partial charge is 0.159 e. The van der Waals surface area contributed by atoms with Gasteiger partial charge in [0.25, 0.3) is 0 Å². The van der Waals surface area contributed by atoms with Gasteiger partial charge in [0.05, 0.1) is 28.2 Å². The number of fused-ring (bicyclic) bond motifs is 14. The van der Waals surface area contributed by atoms with Gasteiger partial charge in [0.15, 0.2) is 17.1 Å². The molecule has 0 bridgehead atoms. The van der Waals surface area contributed by atoms with E-state index in [0.29, 0.717) is 0 Å². The number of nitrogens with zero attached hydrogens (tertiary/aromatic N) is 2. The Kier molecular flexibility index (Phi) is 8.54. The van der Waals surface area contributed by atoms with Crippen LogP contribution in [0.4, 0.5) is 34.1 Å². The molecule has 332 valence electrons. The van der Waals surface area contributed by atoms with Crippen LogP contribution in [-0.4, -0.2) is 0 Å². The van der Waals surface area contributed by atoms with Crippen LogP contribution in [0.5, 0.6) is 11.5 Å². The van der Waals surface area contributed by atoms with Crippen molar-refractivity contribution in [2.24, 2.45) is 0 Å². The highest BCUT2D eigenvalue weighted by molar-refractivity contribution is 6.10. The molecule has 15 rings (SSSR count). The Morgan fingerprint density at radius 1 is 0.352 bits per heavy atom. The van der Waals surface area contributed by atoms with E-state index in [2.05, 4.69) is 259 Å². The molecule has 2 aliphatic heterocycles. The summed E-state index contributed by atoms with van der Waals surface area (Å²) in [6.07, 6.45) is 0. The normalized spacial score (nSPS) is 13.3. The summed E-state index contributed by atoms with van der Waals surface area (Å²) in [4.78, 5) is 4.79. The van der Waals surface area contributed by atoms with Crippen molar-refractivity contribution in [1.82, 2.24) is 0 Å². The maximum Gasteiger partial charge on any atom is 0.159 e. The van der Waals surface area contributed by atoms with Crippen LogP contribution in [0.1, 0.15) is 22.3 Å². The lowest BCUT2D eigenvalue weighted by molar-refractivity contribution is 0.474. The Labute approximate surface area is 411 Å². The molecule has 0 saturated heterocycles. The molecule has 3 aliphatic rings. The first-order valence-corrected chi connectivity index (χ1v) is 24.3. The van der Waals surface area contributed by atoms with E-state index in [0.717, 1.165) is 95.4 Å². The highest BCUT2D eigenvalue weighted by atomic mass is 16.5. The fraction of sp³-hybridized carbons (Fsp3) is 0.0149. The number of ether oxygens (including phenoxy) is 1. The molecular weight excluding hydrogens is 865 g/mol. The lowest BCUT2D eigenvalue weighted by Gasteiger charge is -2.47. The zero-order chi connectivity index (χ0) is 46.6. The average molecular weight is 907 g/mol. The third-order valence-electron chi connectivity index (χ3n) is 15.0. The van der Waals surface area contributed by atoms with Crippen molar-refractivity contribution < 1.29 is 9.15 Å². The van der Waals surface area contributed by atoms with Crippen molar-refractivity contribution in [1.29, 1.82) is 0 Å². The van der Waals surface area contributed by atoms with E-state index >= 15 is 0 Å². The lowest BCUT2D eigenvalue weighted by atomic mass is 9.64. The first-order valence-electron chi connectivity index (χ1n) is 24.3. The minimum absolute atomic E-state index is 0.513. The highest BCUT2D eigenvalue weighted by Crippen LogP contribution is 2.67. The maximum atomic E-state index is 7.17. The van der Waals surface area contributed by atoms with E-state index in [1.165, 1.54) is 38.9 Å². The van der Waals surface area contributed by atoms with Crippen LogP contribution in [-0.2, 0) is 5.41 Å². The van der Waals surface area contributed by atoms with Gasteiger partial charge in [0, 0.05) is 22.1 Å². The van der Waals surface area contributed by atoms with Crippen LogP contribution in [0.15, 0.2) is 259 Å². The van der Waals surface area contributed by atoms with Crippen LogP contribution >= 0.6 is 0 Å². The van der Waals surface area contributed by atoms with Crippen LogP contribution in [0, 0.1) is 0 Å². The molecule has 0 saturated carbocycles.